The van der Waals surface area contributed by atoms with Crippen molar-refractivity contribution in [2.24, 2.45) is 5.73 Å². The highest BCUT2D eigenvalue weighted by Gasteiger charge is 1.95. The van der Waals surface area contributed by atoms with Gasteiger partial charge in [-0.2, -0.15) is 0 Å². The molecule has 0 unspecified atom stereocenters. The van der Waals surface area contributed by atoms with E-state index in [1.54, 1.807) is 0 Å². The molecule has 76 valence electrons. The molecular formula is C10H15N3O. The van der Waals surface area contributed by atoms with Crippen molar-refractivity contribution in [1.29, 1.82) is 0 Å². The topological polar surface area (TPSA) is 67.2 Å². The van der Waals surface area contributed by atoms with Crippen molar-refractivity contribution in [3.8, 4) is 0 Å². The summed E-state index contributed by atoms with van der Waals surface area (Å²) in [4.78, 5) is 10.4. The van der Waals surface area contributed by atoms with Crippen molar-refractivity contribution >= 4 is 11.7 Å². The summed E-state index contributed by atoms with van der Waals surface area (Å²) in [7, 11) is 0. The highest BCUT2D eigenvalue weighted by molar-refractivity contribution is 5.71. The molecule has 4 nitrogen and oxygen atoms in total. The molecule has 0 aliphatic rings. The summed E-state index contributed by atoms with van der Waals surface area (Å²) in [6.45, 7) is 3.24. The number of carbonyl (C=O) groups excluding carboxylic acids is 1. The second kappa shape index (κ2) is 5.11. The molecule has 1 aromatic carbocycles. The van der Waals surface area contributed by atoms with Crippen LogP contribution < -0.4 is 16.4 Å². The molecule has 0 bridgehead atoms. The van der Waals surface area contributed by atoms with E-state index in [-0.39, 0.29) is 0 Å². The molecule has 0 aromatic heterocycles. The van der Waals surface area contributed by atoms with E-state index in [9.17, 15) is 4.79 Å². The third-order valence-corrected chi connectivity index (χ3v) is 1.88. The van der Waals surface area contributed by atoms with Crippen molar-refractivity contribution in [2.75, 3.05) is 18.4 Å². The number of primary amides is 1. The summed E-state index contributed by atoms with van der Waals surface area (Å²) in [6.07, 6.45) is 0. The minimum atomic E-state index is -0.489. The molecule has 1 aromatic rings. The highest BCUT2D eigenvalue weighted by atomic mass is 16.2. The lowest BCUT2D eigenvalue weighted by atomic mass is 10.2. The molecule has 0 spiro atoms. The Morgan fingerprint density at radius 3 is 2.71 bits per heavy atom. The summed E-state index contributed by atoms with van der Waals surface area (Å²) >= 11 is 0. The van der Waals surface area contributed by atoms with E-state index < -0.39 is 6.03 Å². The van der Waals surface area contributed by atoms with Gasteiger partial charge in [-0.25, -0.2) is 4.79 Å². The molecule has 0 saturated heterocycles. The SMILES string of the molecule is Cc1ccccc1NCCNC(N)=O. The van der Waals surface area contributed by atoms with Crippen LogP contribution in [0.4, 0.5) is 10.5 Å². The number of nitrogens with one attached hydrogen (secondary N) is 2. The van der Waals surface area contributed by atoms with E-state index in [1.807, 2.05) is 31.2 Å². The molecule has 2 amide bonds. The molecular weight excluding hydrogens is 178 g/mol. The van der Waals surface area contributed by atoms with Gasteiger partial charge in [-0.1, -0.05) is 18.2 Å². The van der Waals surface area contributed by atoms with E-state index in [2.05, 4.69) is 10.6 Å². The first-order chi connectivity index (χ1) is 6.70. The predicted octanol–water partition coefficient (Wildman–Crippen LogP) is 1.08. The number of benzene rings is 1. The van der Waals surface area contributed by atoms with E-state index in [0.717, 1.165) is 5.69 Å². The summed E-state index contributed by atoms with van der Waals surface area (Å²) in [5.41, 5.74) is 7.19. The van der Waals surface area contributed by atoms with Crippen LogP contribution >= 0.6 is 0 Å². The molecule has 4 heteroatoms. The average molecular weight is 193 g/mol. The fraction of sp³-hybridized carbons (Fsp3) is 0.300. The Hall–Kier alpha value is -1.71. The number of rotatable bonds is 4. The number of anilines is 1. The first kappa shape index (κ1) is 10.4. The van der Waals surface area contributed by atoms with Gasteiger partial charge in [0.25, 0.3) is 0 Å². The molecule has 14 heavy (non-hydrogen) atoms. The van der Waals surface area contributed by atoms with Gasteiger partial charge in [0.2, 0.25) is 0 Å². The van der Waals surface area contributed by atoms with Gasteiger partial charge in [-0.15, -0.1) is 0 Å². The van der Waals surface area contributed by atoms with Crippen LogP contribution in [0.15, 0.2) is 24.3 Å². The van der Waals surface area contributed by atoms with Gasteiger partial charge in [-0.3, -0.25) is 0 Å². The summed E-state index contributed by atoms with van der Waals surface area (Å²) in [5, 5.41) is 5.71. The predicted molar refractivity (Wildman–Crippen MR) is 57.3 cm³/mol. The average Bonchev–Trinajstić information content (AvgIpc) is 2.15. The Labute approximate surface area is 83.5 Å². The lowest BCUT2D eigenvalue weighted by Gasteiger charge is -2.08. The molecule has 0 radical (unpaired) electrons. The standard InChI is InChI=1S/C10H15N3O/c1-8-4-2-3-5-9(8)12-6-7-13-10(11)14/h2-5,12H,6-7H2,1H3,(H3,11,13,14). The maximum Gasteiger partial charge on any atom is 0.312 e. The third-order valence-electron chi connectivity index (χ3n) is 1.88. The Balaban J connectivity index is 2.31. The fourth-order valence-corrected chi connectivity index (χ4v) is 1.15. The minimum absolute atomic E-state index is 0.489. The van der Waals surface area contributed by atoms with E-state index in [4.69, 9.17) is 5.73 Å². The molecule has 0 aliphatic heterocycles. The molecule has 0 fully saturated rings. The van der Waals surface area contributed by atoms with Crippen LogP contribution in [0, 0.1) is 6.92 Å². The quantitative estimate of drug-likeness (QED) is 0.626. The monoisotopic (exact) mass is 193 g/mol. The normalized spacial score (nSPS) is 9.50. The maximum absolute atomic E-state index is 10.4. The van der Waals surface area contributed by atoms with Gasteiger partial charge >= 0.3 is 6.03 Å². The molecule has 1 rings (SSSR count). The number of amides is 2. The lowest BCUT2D eigenvalue weighted by Crippen LogP contribution is -2.33. The zero-order chi connectivity index (χ0) is 10.4. The number of hydrogen-bond donors (Lipinski definition) is 3. The number of nitrogens with two attached hydrogens (primary N) is 1. The fourth-order valence-electron chi connectivity index (χ4n) is 1.15. The second-order valence-corrected chi connectivity index (χ2v) is 3.03. The van der Waals surface area contributed by atoms with Crippen molar-refractivity contribution in [1.82, 2.24) is 5.32 Å². The number of carbonyl (C=O) groups is 1. The van der Waals surface area contributed by atoms with Gasteiger partial charge in [0.15, 0.2) is 0 Å². The minimum Gasteiger partial charge on any atom is -0.383 e. The van der Waals surface area contributed by atoms with Crippen molar-refractivity contribution in [3.63, 3.8) is 0 Å². The Morgan fingerprint density at radius 2 is 2.07 bits per heavy atom. The second-order valence-electron chi connectivity index (χ2n) is 3.03. The van der Waals surface area contributed by atoms with E-state index in [0.29, 0.717) is 13.1 Å². The van der Waals surface area contributed by atoms with Crippen LogP contribution in [0.2, 0.25) is 0 Å². The van der Waals surface area contributed by atoms with Crippen LogP contribution in [0.25, 0.3) is 0 Å². The van der Waals surface area contributed by atoms with Crippen LogP contribution in [-0.4, -0.2) is 19.1 Å². The van der Waals surface area contributed by atoms with E-state index in [1.165, 1.54) is 5.56 Å². The van der Waals surface area contributed by atoms with Crippen molar-refractivity contribution in [2.45, 2.75) is 6.92 Å². The van der Waals surface area contributed by atoms with Crippen LogP contribution in [0.1, 0.15) is 5.56 Å². The number of urea groups is 1. The number of hydrogen-bond acceptors (Lipinski definition) is 2. The Morgan fingerprint density at radius 1 is 1.36 bits per heavy atom. The molecule has 0 heterocycles. The Kier molecular flexibility index (Phi) is 3.79. The van der Waals surface area contributed by atoms with Gasteiger partial charge in [0.1, 0.15) is 0 Å². The van der Waals surface area contributed by atoms with Crippen molar-refractivity contribution in [3.05, 3.63) is 29.8 Å². The molecule has 4 N–H and O–H groups in total. The number of para-hydroxylation sites is 1. The highest BCUT2D eigenvalue weighted by Crippen LogP contribution is 2.11. The summed E-state index contributed by atoms with van der Waals surface area (Å²) < 4.78 is 0. The zero-order valence-electron chi connectivity index (χ0n) is 8.21. The molecule has 0 atom stereocenters. The van der Waals surface area contributed by atoms with Crippen LogP contribution in [-0.2, 0) is 0 Å². The lowest BCUT2D eigenvalue weighted by molar-refractivity contribution is 0.249. The smallest absolute Gasteiger partial charge is 0.312 e. The first-order valence-corrected chi connectivity index (χ1v) is 4.53. The molecule has 0 aliphatic carbocycles. The summed E-state index contributed by atoms with van der Waals surface area (Å²) in [5.74, 6) is 0. The third kappa shape index (κ3) is 3.35. The van der Waals surface area contributed by atoms with Gasteiger partial charge in [0.05, 0.1) is 0 Å². The van der Waals surface area contributed by atoms with Gasteiger partial charge < -0.3 is 16.4 Å². The largest absolute Gasteiger partial charge is 0.383 e. The number of aryl methyl sites for hydroxylation is 1. The van der Waals surface area contributed by atoms with Crippen LogP contribution in [0.5, 0.6) is 0 Å². The van der Waals surface area contributed by atoms with Crippen LogP contribution in [0.3, 0.4) is 0 Å². The van der Waals surface area contributed by atoms with E-state index >= 15 is 0 Å². The maximum atomic E-state index is 10.4. The molecule has 0 saturated carbocycles. The van der Waals surface area contributed by atoms with Gasteiger partial charge in [-0.05, 0) is 18.6 Å². The van der Waals surface area contributed by atoms with Crippen molar-refractivity contribution < 1.29 is 4.79 Å². The Bertz CT molecular complexity index is 312. The van der Waals surface area contributed by atoms with Gasteiger partial charge in [0, 0.05) is 18.8 Å². The first-order valence-electron chi connectivity index (χ1n) is 4.53. The summed E-state index contributed by atoms with van der Waals surface area (Å²) in [6, 6.07) is 7.50. The zero-order valence-corrected chi connectivity index (χ0v) is 8.21.